The van der Waals surface area contributed by atoms with Crippen LogP contribution < -0.4 is 4.90 Å². The number of rotatable bonds is 4. The molecule has 22 heavy (non-hydrogen) atoms. The number of hydrogen-bond acceptors (Lipinski definition) is 6. The van der Waals surface area contributed by atoms with Crippen molar-refractivity contribution in [3.05, 3.63) is 56.5 Å². The van der Waals surface area contributed by atoms with Crippen LogP contribution in [0.15, 0.2) is 35.7 Å². The first-order chi connectivity index (χ1) is 10.5. The number of nitro groups is 1. The van der Waals surface area contributed by atoms with Crippen LogP contribution in [0.3, 0.4) is 0 Å². The summed E-state index contributed by atoms with van der Waals surface area (Å²) in [5, 5.41) is 14.6. The maximum absolute atomic E-state index is 10.8. The van der Waals surface area contributed by atoms with Crippen molar-refractivity contribution in [1.82, 2.24) is 9.97 Å². The molecule has 0 aliphatic carbocycles. The zero-order valence-electron chi connectivity index (χ0n) is 12.2. The van der Waals surface area contributed by atoms with Crippen LogP contribution in [-0.2, 0) is 6.54 Å². The van der Waals surface area contributed by atoms with Crippen molar-refractivity contribution >= 4 is 33.7 Å². The van der Waals surface area contributed by atoms with Crippen LogP contribution in [-0.4, -0.2) is 21.9 Å². The van der Waals surface area contributed by atoms with E-state index in [1.807, 2.05) is 36.4 Å². The Hall–Kier alpha value is -2.54. The molecule has 112 valence electrons. The van der Waals surface area contributed by atoms with E-state index in [4.69, 9.17) is 0 Å². The van der Waals surface area contributed by atoms with Gasteiger partial charge in [-0.15, -0.1) is 11.3 Å². The summed E-state index contributed by atoms with van der Waals surface area (Å²) in [4.78, 5) is 21.4. The number of aromatic nitrogens is 2. The van der Waals surface area contributed by atoms with Crippen molar-refractivity contribution in [3.8, 4) is 0 Å². The smallest absolute Gasteiger partial charge is 0.270 e. The number of pyridine rings is 1. The van der Waals surface area contributed by atoms with Gasteiger partial charge < -0.3 is 4.90 Å². The van der Waals surface area contributed by atoms with E-state index in [2.05, 4.69) is 9.97 Å². The second-order valence-electron chi connectivity index (χ2n) is 5.02. The Morgan fingerprint density at radius 2 is 2.09 bits per heavy atom. The Morgan fingerprint density at radius 3 is 2.77 bits per heavy atom. The van der Waals surface area contributed by atoms with Crippen LogP contribution in [0.5, 0.6) is 0 Å². The summed E-state index contributed by atoms with van der Waals surface area (Å²) in [5.74, 6) is 0.812. The fraction of sp³-hybridized carbons (Fsp3) is 0.200. The second-order valence-corrected chi connectivity index (χ2v) is 6.08. The molecule has 0 N–H and O–H groups in total. The van der Waals surface area contributed by atoms with Gasteiger partial charge in [-0.25, -0.2) is 9.97 Å². The van der Waals surface area contributed by atoms with E-state index < -0.39 is 4.92 Å². The van der Waals surface area contributed by atoms with Crippen LogP contribution in [0.1, 0.15) is 10.7 Å². The van der Waals surface area contributed by atoms with Gasteiger partial charge in [0.15, 0.2) is 0 Å². The number of thiazole rings is 1. The zero-order valence-corrected chi connectivity index (χ0v) is 13.0. The first kappa shape index (κ1) is 14.4. The lowest BCUT2D eigenvalue weighted by atomic mass is 10.2. The molecule has 0 aliphatic rings. The minimum Gasteiger partial charge on any atom is -0.354 e. The SMILES string of the molecule is Cc1nc(CN(C)c2ccc3cc([N+](=O)[O-])ccc3n2)cs1. The third-order valence-corrected chi connectivity index (χ3v) is 4.15. The minimum absolute atomic E-state index is 0.0772. The molecule has 0 saturated carbocycles. The normalized spacial score (nSPS) is 10.8. The summed E-state index contributed by atoms with van der Waals surface area (Å²) < 4.78 is 0. The monoisotopic (exact) mass is 314 g/mol. The van der Waals surface area contributed by atoms with Crippen LogP contribution in [0.2, 0.25) is 0 Å². The molecular formula is C15H14N4O2S. The highest BCUT2D eigenvalue weighted by atomic mass is 32.1. The predicted molar refractivity (Wildman–Crippen MR) is 87.4 cm³/mol. The molecule has 0 atom stereocenters. The van der Waals surface area contributed by atoms with Crippen molar-refractivity contribution in [2.24, 2.45) is 0 Å². The number of benzene rings is 1. The average Bonchev–Trinajstić information content (AvgIpc) is 2.91. The van der Waals surface area contributed by atoms with E-state index in [-0.39, 0.29) is 5.69 Å². The summed E-state index contributed by atoms with van der Waals surface area (Å²) in [6.45, 7) is 2.66. The number of fused-ring (bicyclic) bond motifs is 1. The molecule has 0 unspecified atom stereocenters. The van der Waals surface area contributed by atoms with E-state index in [0.717, 1.165) is 27.4 Å². The Morgan fingerprint density at radius 1 is 1.27 bits per heavy atom. The number of hydrogen-bond donors (Lipinski definition) is 0. The Balaban J connectivity index is 1.87. The summed E-state index contributed by atoms with van der Waals surface area (Å²) in [6.07, 6.45) is 0. The highest BCUT2D eigenvalue weighted by Gasteiger charge is 2.10. The van der Waals surface area contributed by atoms with Crippen molar-refractivity contribution in [2.75, 3.05) is 11.9 Å². The quantitative estimate of drug-likeness (QED) is 0.544. The molecule has 0 amide bonds. The predicted octanol–water partition coefficient (Wildman–Crippen LogP) is 3.54. The topological polar surface area (TPSA) is 72.2 Å². The van der Waals surface area contributed by atoms with E-state index >= 15 is 0 Å². The van der Waals surface area contributed by atoms with Gasteiger partial charge in [-0.3, -0.25) is 10.1 Å². The Bertz CT molecular complexity index is 846. The van der Waals surface area contributed by atoms with Gasteiger partial charge in [-0.1, -0.05) is 0 Å². The fourth-order valence-electron chi connectivity index (χ4n) is 2.23. The molecule has 0 saturated heterocycles. The lowest BCUT2D eigenvalue weighted by Gasteiger charge is -2.17. The van der Waals surface area contributed by atoms with Gasteiger partial charge in [-0.05, 0) is 25.1 Å². The average molecular weight is 314 g/mol. The first-order valence-corrected chi connectivity index (χ1v) is 7.58. The molecule has 3 aromatic rings. The van der Waals surface area contributed by atoms with E-state index in [1.165, 1.54) is 12.1 Å². The molecule has 0 radical (unpaired) electrons. The van der Waals surface area contributed by atoms with Crippen LogP contribution in [0.25, 0.3) is 10.9 Å². The van der Waals surface area contributed by atoms with Gasteiger partial charge in [0.1, 0.15) is 5.82 Å². The highest BCUT2D eigenvalue weighted by Crippen LogP contribution is 2.23. The van der Waals surface area contributed by atoms with Gasteiger partial charge in [0.2, 0.25) is 0 Å². The standard InChI is InChI=1S/C15H14N4O2S/c1-10-16-12(9-22-10)8-18(2)15-6-3-11-7-13(19(20)21)4-5-14(11)17-15/h3-7,9H,8H2,1-2H3. The van der Waals surface area contributed by atoms with Gasteiger partial charge in [0.05, 0.1) is 27.7 Å². The van der Waals surface area contributed by atoms with E-state index in [1.54, 1.807) is 17.4 Å². The van der Waals surface area contributed by atoms with Crippen molar-refractivity contribution in [1.29, 1.82) is 0 Å². The minimum atomic E-state index is -0.399. The number of nitro benzene ring substituents is 1. The van der Waals surface area contributed by atoms with Crippen molar-refractivity contribution in [3.63, 3.8) is 0 Å². The molecular weight excluding hydrogens is 300 g/mol. The third kappa shape index (κ3) is 2.89. The molecule has 6 nitrogen and oxygen atoms in total. The molecule has 3 rings (SSSR count). The maximum Gasteiger partial charge on any atom is 0.270 e. The number of aryl methyl sites for hydroxylation is 1. The highest BCUT2D eigenvalue weighted by molar-refractivity contribution is 7.09. The molecule has 0 fully saturated rings. The summed E-state index contributed by atoms with van der Waals surface area (Å²) in [7, 11) is 1.95. The van der Waals surface area contributed by atoms with Crippen molar-refractivity contribution in [2.45, 2.75) is 13.5 Å². The van der Waals surface area contributed by atoms with Crippen LogP contribution in [0.4, 0.5) is 11.5 Å². The Labute approximate surface area is 131 Å². The number of nitrogens with zero attached hydrogens (tertiary/aromatic N) is 4. The van der Waals surface area contributed by atoms with Crippen molar-refractivity contribution < 1.29 is 4.92 Å². The molecule has 0 spiro atoms. The second kappa shape index (κ2) is 5.69. The van der Waals surface area contributed by atoms with Gasteiger partial charge in [0, 0.05) is 29.9 Å². The largest absolute Gasteiger partial charge is 0.354 e. The third-order valence-electron chi connectivity index (χ3n) is 3.33. The lowest BCUT2D eigenvalue weighted by molar-refractivity contribution is -0.384. The van der Waals surface area contributed by atoms with Crippen LogP contribution in [0, 0.1) is 17.0 Å². The lowest BCUT2D eigenvalue weighted by Crippen LogP contribution is -2.17. The van der Waals surface area contributed by atoms with E-state index in [0.29, 0.717) is 6.54 Å². The maximum atomic E-state index is 10.8. The Kier molecular flexibility index (Phi) is 3.72. The van der Waals surface area contributed by atoms with E-state index in [9.17, 15) is 10.1 Å². The molecule has 0 aliphatic heterocycles. The number of non-ortho nitro benzene ring substituents is 1. The first-order valence-electron chi connectivity index (χ1n) is 6.70. The molecule has 1 aromatic carbocycles. The van der Waals surface area contributed by atoms with Gasteiger partial charge in [-0.2, -0.15) is 0 Å². The molecule has 2 aromatic heterocycles. The fourth-order valence-corrected chi connectivity index (χ4v) is 2.84. The zero-order chi connectivity index (χ0) is 15.7. The summed E-state index contributed by atoms with van der Waals surface area (Å²) >= 11 is 1.63. The van der Waals surface area contributed by atoms with Gasteiger partial charge in [0.25, 0.3) is 5.69 Å². The molecule has 7 heteroatoms. The summed E-state index contributed by atoms with van der Waals surface area (Å²) in [6, 6.07) is 8.41. The summed E-state index contributed by atoms with van der Waals surface area (Å²) in [5.41, 5.74) is 1.83. The van der Waals surface area contributed by atoms with Gasteiger partial charge >= 0.3 is 0 Å². The molecule has 2 heterocycles. The number of anilines is 1. The van der Waals surface area contributed by atoms with Crippen LogP contribution >= 0.6 is 11.3 Å². The molecule has 0 bridgehead atoms.